The average molecular weight is 203 g/mol. The third-order valence-electron chi connectivity index (χ3n) is 1.87. The van der Waals surface area contributed by atoms with Crippen molar-refractivity contribution in [2.75, 3.05) is 5.73 Å². The molecule has 0 spiro atoms. The summed E-state index contributed by atoms with van der Waals surface area (Å²) in [5.41, 5.74) is 11.4. The lowest BCUT2D eigenvalue weighted by atomic mass is 10.2. The predicted octanol–water partition coefficient (Wildman–Crippen LogP) is -0.0516. The van der Waals surface area contributed by atoms with Crippen molar-refractivity contribution in [1.29, 1.82) is 0 Å². The van der Waals surface area contributed by atoms with E-state index in [1.165, 1.54) is 16.9 Å². The highest BCUT2D eigenvalue weighted by molar-refractivity contribution is 5.96. The summed E-state index contributed by atoms with van der Waals surface area (Å²) in [5.74, 6) is -0.206. The summed E-state index contributed by atoms with van der Waals surface area (Å²) in [5, 5.41) is 3.96. The Morgan fingerprint density at radius 2 is 2.27 bits per heavy atom. The molecule has 0 saturated carbocycles. The van der Waals surface area contributed by atoms with E-state index in [4.69, 9.17) is 11.5 Å². The number of nitrogen functional groups attached to an aromatic ring is 1. The maximum absolute atomic E-state index is 11.2. The second-order valence-corrected chi connectivity index (χ2v) is 2.95. The molecule has 1 amide bonds. The van der Waals surface area contributed by atoms with E-state index in [1.54, 1.807) is 18.5 Å². The van der Waals surface area contributed by atoms with Gasteiger partial charge in [0.1, 0.15) is 0 Å². The highest BCUT2D eigenvalue weighted by Crippen LogP contribution is 2.13. The summed E-state index contributed by atoms with van der Waals surface area (Å²) >= 11 is 0. The van der Waals surface area contributed by atoms with E-state index in [2.05, 4.69) is 10.1 Å². The van der Waals surface area contributed by atoms with Crippen LogP contribution in [0.2, 0.25) is 0 Å². The number of amides is 1. The van der Waals surface area contributed by atoms with Crippen molar-refractivity contribution in [3.8, 4) is 5.82 Å². The van der Waals surface area contributed by atoms with Crippen molar-refractivity contribution in [3.63, 3.8) is 0 Å². The monoisotopic (exact) mass is 203 g/mol. The standard InChI is InChI=1S/C9H9N5O/c10-6-4-7(8(11)15)9(12-5-6)14-3-1-2-13-14/h1-5H,10H2,(H2,11,15). The van der Waals surface area contributed by atoms with Crippen LogP contribution in [0.25, 0.3) is 5.82 Å². The predicted molar refractivity (Wildman–Crippen MR) is 54.3 cm³/mol. The minimum absolute atomic E-state index is 0.249. The molecule has 2 rings (SSSR count). The molecule has 4 N–H and O–H groups in total. The van der Waals surface area contributed by atoms with E-state index in [0.717, 1.165) is 0 Å². The Morgan fingerprint density at radius 1 is 1.47 bits per heavy atom. The number of rotatable bonds is 2. The Hall–Kier alpha value is -2.37. The largest absolute Gasteiger partial charge is 0.397 e. The molecule has 0 aromatic carbocycles. The van der Waals surface area contributed by atoms with Gasteiger partial charge in [0.25, 0.3) is 5.91 Å². The zero-order valence-electron chi connectivity index (χ0n) is 7.79. The zero-order chi connectivity index (χ0) is 10.8. The molecule has 15 heavy (non-hydrogen) atoms. The summed E-state index contributed by atoms with van der Waals surface area (Å²) in [7, 11) is 0. The van der Waals surface area contributed by atoms with E-state index >= 15 is 0 Å². The molecule has 0 aliphatic rings. The van der Waals surface area contributed by atoms with E-state index in [-0.39, 0.29) is 5.56 Å². The van der Waals surface area contributed by atoms with Crippen LogP contribution in [0.4, 0.5) is 5.69 Å². The number of hydrogen-bond donors (Lipinski definition) is 2. The van der Waals surface area contributed by atoms with Gasteiger partial charge in [-0.15, -0.1) is 0 Å². The van der Waals surface area contributed by atoms with Gasteiger partial charge in [0.05, 0.1) is 17.4 Å². The highest BCUT2D eigenvalue weighted by Gasteiger charge is 2.11. The topological polar surface area (TPSA) is 99.8 Å². The lowest BCUT2D eigenvalue weighted by Gasteiger charge is -2.05. The Balaban J connectivity index is 2.61. The Labute approximate surface area is 85.5 Å². The molecule has 0 fully saturated rings. The lowest BCUT2D eigenvalue weighted by molar-refractivity contribution is 0.1000. The third-order valence-corrected chi connectivity index (χ3v) is 1.87. The van der Waals surface area contributed by atoms with Crippen molar-refractivity contribution in [2.45, 2.75) is 0 Å². The van der Waals surface area contributed by atoms with E-state index in [0.29, 0.717) is 11.5 Å². The fraction of sp³-hybridized carbons (Fsp3) is 0. The maximum atomic E-state index is 11.2. The second kappa shape index (κ2) is 3.41. The van der Waals surface area contributed by atoms with Crippen LogP contribution >= 0.6 is 0 Å². The number of aromatic nitrogens is 3. The summed E-state index contributed by atoms with van der Waals surface area (Å²) in [6.45, 7) is 0. The first kappa shape index (κ1) is 9.20. The summed E-state index contributed by atoms with van der Waals surface area (Å²) in [6.07, 6.45) is 4.71. The fourth-order valence-electron chi connectivity index (χ4n) is 1.23. The van der Waals surface area contributed by atoms with Crippen LogP contribution in [-0.2, 0) is 0 Å². The van der Waals surface area contributed by atoms with Gasteiger partial charge in [-0.05, 0) is 12.1 Å². The normalized spacial score (nSPS) is 10.1. The van der Waals surface area contributed by atoms with Gasteiger partial charge in [-0.25, -0.2) is 9.67 Å². The smallest absolute Gasteiger partial charge is 0.252 e. The number of primary amides is 1. The van der Waals surface area contributed by atoms with Crippen LogP contribution in [0.1, 0.15) is 10.4 Å². The van der Waals surface area contributed by atoms with Gasteiger partial charge in [-0.1, -0.05) is 0 Å². The van der Waals surface area contributed by atoms with Crippen molar-refractivity contribution >= 4 is 11.6 Å². The highest BCUT2D eigenvalue weighted by atomic mass is 16.1. The number of nitrogens with zero attached hydrogens (tertiary/aromatic N) is 3. The Kier molecular flexibility index (Phi) is 2.09. The van der Waals surface area contributed by atoms with Crippen molar-refractivity contribution in [1.82, 2.24) is 14.8 Å². The van der Waals surface area contributed by atoms with Crippen molar-refractivity contribution in [3.05, 3.63) is 36.3 Å². The first-order chi connectivity index (χ1) is 7.18. The molecule has 0 saturated heterocycles. The molecule has 6 nitrogen and oxygen atoms in total. The molecular weight excluding hydrogens is 194 g/mol. The lowest BCUT2D eigenvalue weighted by Crippen LogP contribution is -2.16. The summed E-state index contributed by atoms with van der Waals surface area (Å²) < 4.78 is 1.46. The average Bonchev–Trinajstić information content (AvgIpc) is 2.70. The molecule has 2 aromatic heterocycles. The first-order valence-electron chi connectivity index (χ1n) is 4.24. The summed E-state index contributed by atoms with van der Waals surface area (Å²) in [6, 6.07) is 3.20. The third kappa shape index (κ3) is 1.64. The Morgan fingerprint density at radius 3 is 2.87 bits per heavy atom. The molecule has 0 aliphatic carbocycles. The Bertz CT molecular complexity index is 491. The number of carbonyl (C=O) groups excluding carboxylic acids is 1. The van der Waals surface area contributed by atoms with Crippen molar-refractivity contribution in [2.24, 2.45) is 5.73 Å². The molecule has 0 aliphatic heterocycles. The SMILES string of the molecule is NC(=O)c1cc(N)cnc1-n1cccn1. The summed E-state index contributed by atoms with van der Waals surface area (Å²) in [4.78, 5) is 15.2. The zero-order valence-corrected chi connectivity index (χ0v) is 7.79. The van der Waals surface area contributed by atoms with Gasteiger partial charge < -0.3 is 11.5 Å². The van der Waals surface area contributed by atoms with Gasteiger partial charge in [0.2, 0.25) is 0 Å². The molecule has 2 aromatic rings. The van der Waals surface area contributed by atoms with Crippen LogP contribution in [0.15, 0.2) is 30.7 Å². The quantitative estimate of drug-likeness (QED) is 0.714. The molecule has 6 heteroatoms. The van der Waals surface area contributed by atoms with Gasteiger partial charge in [0.15, 0.2) is 5.82 Å². The minimum Gasteiger partial charge on any atom is -0.397 e. The van der Waals surface area contributed by atoms with E-state index in [1.807, 2.05) is 0 Å². The van der Waals surface area contributed by atoms with Crippen LogP contribution in [-0.4, -0.2) is 20.7 Å². The van der Waals surface area contributed by atoms with Gasteiger partial charge in [0, 0.05) is 12.4 Å². The van der Waals surface area contributed by atoms with Gasteiger partial charge in [-0.2, -0.15) is 5.10 Å². The molecular formula is C9H9N5O. The van der Waals surface area contributed by atoms with Crippen LogP contribution in [0, 0.1) is 0 Å². The number of carbonyl (C=O) groups is 1. The van der Waals surface area contributed by atoms with E-state index < -0.39 is 5.91 Å². The fourth-order valence-corrected chi connectivity index (χ4v) is 1.23. The number of hydrogen-bond acceptors (Lipinski definition) is 4. The number of anilines is 1. The van der Waals surface area contributed by atoms with Crippen LogP contribution < -0.4 is 11.5 Å². The maximum Gasteiger partial charge on any atom is 0.252 e. The molecule has 0 atom stereocenters. The number of nitrogens with two attached hydrogens (primary N) is 2. The van der Waals surface area contributed by atoms with Gasteiger partial charge >= 0.3 is 0 Å². The minimum atomic E-state index is -0.583. The first-order valence-corrected chi connectivity index (χ1v) is 4.24. The number of pyridine rings is 1. The molecule has 0 unspecified atom stereocenters. The molecule has 2 heterocycles. The van der Waals surface area contributed by atoms with E-state index in [9.17, 15) is 4.79 Å². The molecule has 0 bridgehead atoms. The molecule has 76 valence electrons. The molecule has 0 radical (unpaired) electrons. The van der Waals surface area contributed by atoms with Gasteiger partial charge in [-0.3, -0.25) is 4.79 Å². The van der Waals surface area contributed by atoms with Crippen LogP contribution in [0.3, 0.4) is 0 Å². The van der Waals surface area contributed by atoms with Crippen LogP contribution in [0.5, 0.6) is 0 Å². The second-order valence-electron chi connectivity index (χ2n) is 2.95. The van der Waals surface area contributed by atoms with Crippen molar-refractivity contribution < 1.29 is 4.79 Å².